The number of rotatable bonds is 3. The Morgan fingerprint density at radius 2 is 1.72 bits per heavy atom. The second-order valence-electron chi connectivity index (χ2n) is 5.02. The number of anilines is 1. The number of nitrogen functional groups attached to an aromatic ring is 1. The first kappa shape index (κ1) is 11.3. The van der Waals surface area contributed by atoms with Crippen molar-refractivity contribution in [2.45, 2.75) is 24.9 Å². The van der Waals surface area contributed by atoms with Crippen LogP contribution >= 0.6 is 0 Å². The van der Waals surface area contributed by atoms with Gasteiger partial charge in [-0.3, -0.25) is 0 Å². The summed E-state index contributed by atoms with van der Waals surface area (Å²) in [6.07, 6.45) is 1.89. The van der Waals surface area contributed by atoms with Crippen LogP contribution in [0.3, 0.4) is 0 Å². The van der Waals surface area contributed by atoms with Crippen molar-refractivity contribution in [3.63, 3.8) is 0 Å². The van der Waals surface area contributed by atoms with Gasteiger partial charge in [0, 0.05) is 5.69 Å². The van der Waals surface area contributed by atoms with Gasteiger partial charge in [0.15, 0.2) is 0 Å². The Balaban J connectivity index is 1.96. The van der Waals surface area contributed by atoms with Gasteiger partial charge in [-0.25, -0.2) is 0 Å². The molecule has 0 amide bonds. The molecule has 0 bridgehead atoms. The normalized spacial score (nSPS) is 16.5. The van der Waals surface area contributed by atoms with Crippen molar-refractivity contribution in [3.8, 4) is 0 Å². The van der Waals surface area contributed by atoms with Crippen LogP contribution in [0.25, 0.3) is 0 Å². The van der Waals surface area contributed by atoms with Gasteiger partial charge < -0.3 is 10.8 Å². The first-order valence-corrected chi connectivity index (χ1v) is 6.37. The summed E-state index contributed by atoms with van der Waals surface area (Å²) in [5.74, 6) is 0.648. The lowest BCUT2D eigenvalue weighted by atomic mass is 9.97. The molecule has 2 aromatic rings. The molecule has 2 aromatic carbocycles. The molecular weight excluding hydrogens is 222 g/mol. The van der Waals surface area contributed by atoms with Crippen molar-refractivity contribution in [3.05, 3.63) is 65.2 Å². The Bertz CT molecular complexity index is 546. The van der Waals surface area contributed by atoms with Crippen LogP contribution in [-0.2, 0) is 0 Å². The molecule has 1 aliphatic rings. The Hall–Kier alpha value is -1.80. The van der Waals surface area contributed by atoms with Gasteiger partial charge in [0.1, 0.15) is 6.10 Å². The van der Waals surface area contributed by atoms with Gasteiger partial charge >= 0.3 is 0 Å². The molecule has 1 unspecified atom stereocenters. The molecule has 3 N–H and O–H groups in total. The van der Waals surface area contributed by atoms with Crippen LogP contribution < -0.4 is 5.73 Å². The highest BCUT2D eigenvalue weighted by Crippen LogP contribution is 2.41. The summed E-state index contributed by atoms with van der Waals surface area (Å²) in [6, 6.07) is 15.7. The van der Waals surface area contributed by atoms with Gasteiger partial charge in [0.25, 0.3) is 0 Å². The molecule has 92 valence electrons. The second kappa shape index (κ2) is 4.46. The molecule has 2 heteroatoms. The highest BCUT2D eigenvalue weighted by molar-refractivity contribution is 5.48. The number of hydrogen-bond acceptors (Lipinski definition) is 2. The predicted molar refractivity (Wildman–Crippen MR) is 73.3 cm³/mol. The minimum absolute atomic E-state index is 0.591. The molecule has 0 radical (unpaired) electrons. The van der Waals surface area contributed by atoms with Crippen molar-refractivity contribution >= 4 is 5.69 Å². The summed E-state index contributed by atoms with van der Waals surface area (Å²) in [6.45, 7) is 0. The molecule has 1 saturated carbocycles. The minimum atomic E-state index is -0.591. The molecule has 1 aliphatic carbocycles. The number of aliphatic hydroxyl groups excluding tert-OH is 1. The monoisotopic (exact) mass is 239 g/mol. The Morgan fingerprint density at radius 3 is 2.39 bits per heavy atom. The Morgan fingerprint density at radius 1 is 1.00 bits per heavy atom. The lowest BCUT2D eigenvalue weighted by Crippen LogP contribution is -2.01. The summed E-state index contributed by atoms with van der Waals surface area (Å²) in [4.78, 5) is 0. The SMILES string of the molecule is Nc1cc(C2CC2)cc(C(O)c2ccccc2)c1. The molecule has 0 aromatic heterocycles. The van der Waals surface area contributed by atoms with Crippen molar-refractivity contribution in [2.75, 3.05) is 5.73 Å². The molecule has 2 nitrogen and oxygen atoms in total. The third-order valence-corrected chi connectivity index (χ3v) is 3.48. The maximum absolute atomic E-state index is 10.4. The standard InChI is InChI=1S/C16H17NO/c17-15-9-13(11-6-7-11)8-14(10-15)16(18)12-4-2-1-3-5-12/h1-5,8-11,16,18H,6-7,17H2. The Kier molecular flexibility index (Phi) is 2.80. The molecule has 3 rings (SSSR count). The summed E-state index contributed by atoms with van der Waals surface area (Å²) in [5.41, 5.74) is 9.73. The van der Waals surface area contributed by atoms with E-state index in [4.69, 9.17) is 5.73 Å². The minimum Gasteiger partial charge on any atom is -0.399 e. The maximum Gasteiger partial charge on any atom is 0.104 e. The first-order valence-electron chi connectivity index (χ1n) is 6.37. The van der Waals surface area contributed by atoms with Crippen LogP contribution in [0.5, 0.6) is 0 Å². The van der Waals surface area contributed by atoms with E-state index in [0.29, 0.717) is 5.92 Å². The van der Waals surface area contributed by atoms with Gasteiger partial charge in [-0.1, -0.05) is 36.4 Å². The molecular formula is C16H17NO. The van der Waals surface area contributed by atoms with Crippen LogP contribution in [0.15, 0.2) is 48.5 Å². The highest BCUT2D eigenvalue weighted by Gasteiger charge is 2.24. The number of nitrogens with two attached hydrogens (primary N) is 1. The van der Waals surface area contributed by atoms with E-state index in [1.165, 1.54) is 18.4 Å². The topological polar surface area (TPSA) is 46.2 Å². The molecule has 1 atom stereocenters. The summed E-state index contributed by atoms with van der Waals surface area (Å²) in [7, 11) is 0. The van der Waals surface area contributed by atoms with Gasteiger partial charge in [-0.05, 0) is 47.6 Å². The van der Waals surface area contributed by atoms with Crippen LogP contribution in [0.2, 0.25) is 0 Å². The van der Waals surface area contributed by atoms with E-state index in [0.717, 1.165) is 16.8 Å². The fourth-order valence-corrected chi connectivity index (χ4v) is 2.34. The van der Waals surface area contributed by atoms with E-state index < -0.39 is 6.10 Å². The van der Waals surface area contributed by atoms with E-state index >= 15 is 0 Å². The largest absolute Gasteiger partial charge is 0.399 e. The molecule has 0 aliphatic heterocycles. The zero-order valence-electron chi connectivity index (χ0n) is 10.2. The lowest BCUT2D eigenvalue weighted by molar-refractivity contribution is 0.220. The molecule has 1 fully saturated rings. The van der Waals surface area contributed by atoms with E-state index in [2.05, 4.69) is 6.07 Å². The van der Waals surface area contributed by atoms with Gasteiger partial charge in [0.05, 0.1) is 0 Å². The smallest absolute Gasteiger partial charge is 0.104 e. The summed E-state index contributed by atoms with van der Waals surface area (Å²) >= 11 is 0. The van der Waals surface area contributed by atoms with E-state index in [1.54, 1.807) is 0 Å². The third-order valence-electron chi connectivity index (χ3n) is 3.48. The number of benzene rings is 2. The average molecular weight is 239 g/mol. The molecule has 18 heavy (non-hydrogen) atoms. The first-order chi connectivity index (χ1) is 8.74. The van der Waals surface area contributed by atoms with Crippen molar-refractivity contribution < 1.29 is 5.11 Å². The zero-order valence-corrected chi connectivity index (χ0v) is 10.2. The molecule has 0 saturated heterocycles. The van der Waals surface area contributed by atoms with Crippen molar-refractivity contribution in [1.29, 1.82) is 0 Å². The average Bonchev–Trinajstić information content (AvgIpc) is 3.22. The summed E-state index contributed by atoms with van der Waals surface area (Å²) in [5, 5.41) is 10.4. The fraction of sp³-hybridized carbons (Fsp3) is 0.250. The highest BCUT2D eigenvalue weighted by atomic mass is 16.3. The molecule has 0 heterocycles. The zero-order chi connectivity index (χ0) is 12.5. The van der Waals surface area contributed by atoms with Gasteiger partial charge in [0.2, 0.25) is 0 Å². The molecule has 0 spiro atoms. The second-order valence-corrected chi connectivity index (χ2v) is 5.02. The predicted octanol–water partition coefficient (Wildman–Crippen LogP) is 3.23. The van der Waals surface area contributed by atoms with Crippen molar-refractivity contribution in [1.82, 2.24) is 0 Å². The summed E-state index contributed by atoms with van der Waals surface area (Å²) < 4.78 is 0. The fourth-order valence-electron chi connectivity index (χ4n) is 2.34. The van der Waals surface area contributed by atoms with E-state index in [9.17, 15) is 5.11 Å². The van der Waals surface area contributed by atoms with Crippen molar-refractivity contribution in [2.24, 2.45) is 0 Å². The number of hydrogen-bond donors (Lipinski definition) is 2. The maximum atomic E-state index is 10.4. The van der Waals surface area contributed by atoms with Crippen LogP contribution in [0, 0.1) is 0 Å². The number of aliphatic hydroxyl groups is 1. The van der Waals surface area contributed by atoms with Crippen LogP contribution in [0.4, 0.5) is 5.69 Å². The third kappa shape index (κ3) is 2.24. The van der Waals surface area contributed by atoms with E-state index in [-0.39, 0.29) is 0 Å². The quantitative estimate of drug-likeness (QED) is 0.808. The van der Waals surface area contributed by atoms with Crippen LogP contribution in [0.1, 0.15) is 41.6 Å². The van der Waals surface area contributed by atoms with Gasteiger partial charge in [-0.15, -0.1) is 0 Å². The lowest BCUT2D eigenvalue weighted by Gasteiger charge is -2.14. The van der Waals surface area contributed by atoms with E-state index in [1.807, 2.05) is 42.5 Å². The Labute approximate surface area is 107 Å². The van der Waals surface area contributed by atoms with Crippen LogP contribution in [-0.4, -0.2) is 5.11 Å². The van der Waals surface area contributed by atoms with Gasteiger partial charge in [-0.2, -0.15) is 0 Å².